The molecule has 3 N–H and O–H groups in total. The van der Waals surface area contributed by atoms with Crippen LogP contribution in [0.15, 0.2) is 145 Å². The molecule has 188 valence electrons. The van der Waals surface area contributed by atoms with E-state index in [2.05, 4.69) is 125 Å². The number of nitrogens with zero attached hydrogens (tertiary/aromatic N) is 1. The highest BCUT2D eigenvalue weighted by Gasteiger charge is 2.16. The maximum absolute atomic E-state index is 6.58. The number of para-hydroxylation sites is 1. The van der Waals surface area contributed by atoms with Crippen LogP contribution >= 0.6 is 0 Å². The van der Waals surface area contributed by atoms with Gasteiger partial charge < -0.3 is 15.6 Å². The van der Waals surface area contributed by atoms with Gasteiger partial charge in [-0.1, -0.05) is 115 Å². The third kappa shape index (κ3) is 4.14. The lowest BCUT2D eigenvalue weighted by Gasteiger charge is -2.21. The van der Waals surface area contributed by atoms with Crippen LogP contribution in [-0.4, -0.2) is 10.6 Å². The standard InChI is InChI=1S/C36H29N3/c37-36(27-11-2-1-3-12-27)30-14-6-8-16-32(30)38-24-25-18-21-28(22-19-25)39-33-17-9-7-15-31(33)35-29-13-5-4-10-26(29)20-23-34(35)39/h1-23,32,38H,24,37H2/b36-30-. The van der Waals surface area contributed by atoms with E-state index in [9.17, 15) is 0 Å². The SMILES string of the molecule is N/C(=C1/C=CC=CC1NCc1ccc(-n2c3ccccc3c3c4ccccc4ccc32)cc1)c1ccccc1. The van der Waals surface area contributed by atoms with E-state index in [1.165, 1.54) is 38.1 Å². The van der Waals surface area contributed by atoms with Crippen molar-refractivity contribution >= 4 is 38.3 Å². The van der Waals surface area contributed by atoms with E-state index in [4.69, 9.17) is 5.73 Å². The van der Waals surface area contributed by atoms with Gasteiger partial charge in [0.1, 0.15) is 0 Å². The van der Waals surface area contributed by atoms with Gasteiger partial charge in [-0.25, -0.2) is 0 Å². The molecule has 1 atom stereocenters. The summed E-state index contributed by atoms with van der Waals surface area (Å²) in [7, 11) is 0. The Balaban J connectivity index is 1.20. The van der Waals surface area contributed by atoms with Crippen LogP contribution in [0, 0.1) is 0 Å². The first-order valence-electron chi connectivity index (χ1n) is 13.4. The molecule has 1 heterocycles. The van der Waals surface area contributed by atoms with E-state index < -0.39 is 0 Å². The van der Waals surface area contributed by atoms with Crippen molar-refractivity contribution in [2.75, 3.05) is 0 Å². The van der Waals surface area contributed by atoms with Crippen LogP contribution in [-0.2, 0) is 6.54 Å². The first-order valence-corrected chi connectivity index (χ1v) is 13.4. The molecule has 1 aromatic heterocycles. The number of aromatic nitrogens is 1. The molecular formula is C36H29N3. The Morgan fingerprint density at radius 1 is 0.692 bits per heavy atom. The fourth-order valence-corrected chi connectivity index (χ4v) is 5.77. The zero-order valence-corrected chi connectivity index (χ0v) is 21.6. The fourth-order valence-electron chi connectivity index (χ4n) is 5.77. The van der Waals surface area contributed by atoms with Gasteiger partial charge in [0.2, 0.25) is 0 Å². The Morgan fingerprint density at radius 2 is 1.44 bits per heavy atom. The average Bonchev–Trinajstić information content (AvgIpc) is 3.35. The Hall–Kier alpha value is -4.86. The normalized spacial score (nSPS) is 16.4. The molecule has 0 fully saturated rings. The van der Waals surface area contributed by atoms with E-state index in [1.807, 2.05) is 24.3 Å². The third-order valence-electron chi connectivity index (χ3n) is 7.70. The topological polar surface area (TPSA) is 43.0 Å². The zero-order valence-electron chi connectivity index (χ0n) is 21.6. The van der Waals surface area contributed by atoms with E-state index in [-0.39, 0.29) is 6.04 Å². The highest BCUT2D eigenvalue weighted by atomic mass is 15.0. The minimum atomic E-state index is 0.0560. The lowest BCUT2D eigenvalue weighted by atomic mass is 9.96. The summed E-state index contributed by atoms with van der Waals surface area (Å²) in [5, 5.41) is 8.83. The second kappa shape index (κ2) is 9.79. The number of hydrogen-bond donors (Lipinski definition) is 2. The van der Waals surface area contributed by atoms with Gasteiger partial charge in [-0.15, -0.1) is 0 Å². The van der Waals surface area contributed by atoms with Crippen LogP contribution in [0.2, 0.25) is 0 Å². The molecule has 5 aromatic carbocycles. The summed E-state index contributed by atoms with van der Waals surface area (Å²) in [5.74, 6) is 0. The van der Waals surface area contributed by atoms with Gasteiger partial charge in [-0.05, 0) is 51.7 Å². The fraction of sp³-hybridized carbons (Fsp3) is 0.0556. The van der Waals surface area contributed by atoms with Gasteiger partial charge in [0.05, 0.1) is 17.1 Å². The number of benzene rings is 5. The number of nitrogens with one attached hydrogen (secondary N) is 1. The summed E-state index contributed by atoms with van der Waals surface area (Å²) in [6.07, 6.45) is 8.40. The minimum absolute atomic E-state index is 0.0560. The molecule has 1 aliphatic carbocycles. The molecule has 0 aliphatic heterocycles. The minimum Gasteiger partial charge on any atom is -0.398 e. The van der Waals surface area contributed by atoms with Crippen molar-refractivity contribution in [1.29, 1.82) is 0 Å². The third-order valence-corrected chi connectivity index (χ3v) is 7.70. The molecule has 39 heavy (non-hydrogen) atoms. The molecule has 0 saturated heterocycles. The number of hydrogen-bond acceptors (Lipinski definition) is 2. The van der Waals surface area contributed by atoms with Crippen LogP contribution in [0.5, 0.6) is 0 Å². The molecule has 1 unspecified atom stereocenters. The molecule has 0 amide bonds. The maximum Gasteiger partial charge on any atom is 0.0547 e. The largest absolute Gasteiger partial charge is 0.398 e. The van der Waals surface area contributed by atoms with Crippen LogP contribution in [0.4, 0.5) is 0 Å². The van der Waals surface area contributed by atoms with Gasteiger partial charge in [0, 0.05) is 28.7 Å². The van der Waals surface area contributed by atoms with Crippen LogP contribution in [0.25, 0.3) is 44.0 Å². The number of nitrogens with two attached hydrogens (primary N) is 1. The molecule has 0 spiro atoms. The first-order chi connectivity index (χ1) is 19.3. The highest BCUT2D eigenvalue weighted by molar-refractivity contribution is 6.21. The van der Waals surface area contributed by atoms with Crippen LogP contribution in [0.3, 0.4) is 0 Å². The van der Waals surface area contributed by atoms with Gasteiger partial charge in [0.25, 0.3) is 0 Å². The van der Waals surface area contributed by atoms with Crippen LogP contribution < -0.4 is 11.1 Å². The zero-order chi connectivity index (χ0) is 26.2. The predicted molar refractivity (Wildman–Crippen MR) is 165 cm³/mol. The molecule has 7 rings (SSSR count). The Labute approximate surface area is 228 Å². The maximum atomic E-state index is 6.58. The molecule has 6 aromatic rings. The lowest BCUT2D eigenvalue weighted by Crippen LogP contribution is -2.30. The van der Waals surface area contributed by atoms with Crippen molar-refractivity contribution in [1.82, 2.24) is 9.88 Å². The van der Waals surface area contributed by atoms with E-state index in [0.717, 1.165) is 29.1 Å². The number of allylic oxidation sites excluding steroid dienone is 2. The van der Waals surface area contributed by atoms with E-state index in [0.29, 0.717) is 0 Å². The van der Waals surface area contributed by atoms with Gasteiger partial charge >= 0.3 is 0 Å². The van der Waals surface area contributed by atoms with E-state index >= 15 is 0 Å². The smallest absolute Gasteiger partial charge is 0.0547 e. The molecule has 0 bridgehead atoms. The average molecular weight is 504 g/mol. The van der Waals surface area contributed by atoms with Gasteiger partial charge in [-0.3, -0.25) is 0 Å². The van der Waals surface area contributed by atoms with Crippen molar-refractivity contribution in [3.8, 4) is 5.69 Å². The first kappa shape index (κ1) is 23.3. The molecular weight excluding hydrogens is 474 g/mol. The van der Waals surface area contributed by atoms with Gasteiger partial charge in [0.15, 0.2) is 0 Å². The molecule has 3 nitrogen and oxygen atoms in total. The molecule has 1 aliphatic rings. The molecule has 3 heteroatoms. The summed E-state index contributed by atoms with van der Waals surface area (Å²) in [6.45, 7) is 0.743. The summed E-state index contributed by atoms with van der Waals surface area (Å²) < 4.78 is 2.38. The summed E-state index contributed by atoms with van der Waals surface area (Å²) in [5.41, 5.74) is 14.4. The highest BCUT2D eigenvalue weighted by Crippen LogP contribution is 2.36. The van der Waals surface area contributed by atoms with Crippen molar-refractivity contribution in [3.63, 3.8) is 0 Å². The Bertz CT molecular complexity index is 1900. The van der Waals surface area contributed by atoms with Crippen molar-refractivity contribution in [3.05, 3.63) is 156 Å². The lowest BCUT2D eigenvalue weighted by molar-refractivity contribution is 0.658. The summed E-state index contributed by atoms with van der Waals surface area (Å²) in [6, 6.07) is 40.9. The van der Waals surface area contributed by atoms with E-state index in [1.54, 1.807) is 0 Å². The van der Waals surface area contributed by atoms with Crippen molar-refractivity contribution < 1.29 is 0 Å². The number of fused-ring (bicyclic) bond motifs is 5. The second-order valence-corrected chi connectivity index (χ2v) is 10.0. The van der Waals surface area contributed by atoms with Crippen molar-refractivity contribution in [2.24, 2.45) is 5.73 Å². The number of rotatable bonds is 5. The monoisotopic (exact) mass is 503 g/mol. The van der Waals surface area contributed by atoms with Gasteiger partial charge in [-0.2, -0.15) is 0 Å². The van der Waals surface area contributed by atoms with Crippen LogP contribution in [0.1, 0.15) is 11.1 Å². The molecule has 0 saturated carbocycles. The summed E-state index contributed by atoms with van der Waals surface area (Å²) >= 11 is 0. The summed E-state index contributed by atoms with van der Waals surface area (Å²) in [4.78, 5) is 0. The quantitative estimate of drug-likeness (QED) is 0.251. The Morgan fingerprint density at radius 3 is 2.28 bits per heavy atom. The Kier molecular flexibility index (Phi) is 5.84. The molecule has 0 radical (unpaired) electrons. The second-order valence-electron chi connectivity index (χ2n) is 10.0. The predicted octanol–water partition coefficient (Wildman–Crippen LogP) is 7.89. The van der Waals surface area contributed by atoms with Crippen molar-refractivity contribution in [2.45, 2.75) is 12.6 Å².